The van der Waals surface area contributed by atoms with Gasteiger partial charge in [-0.25, -0.2) is 0 Å². The van der Waals surface area contributed by atoms with Crippen LogP contribution in [0.1, 0.15) is 11.1 Å². The number of nitrogens with one attached hydrogen (secondary N) is 1. The summed E-state index contributed by atoms with van der Waals surface area (Å²) in [6.45, 7) is 2.82. The standard InChI is InChI=1S/C12H12N4S/c1-9-2-4-16-11(6-9)14-15-12(16)13-7-10-3-5-17-8-10/h2-6,8H,7H2,1H3,(H,13,15). The SMILES string of the molecule is Cc1ccn2c(NCc3ccsc3)nnc2c1. The second-order valence-electron chi connectivity index (χ2n) is 3.94. The number of aromatic nitrogens is 3. The van der Waals surface area contributed by atoms with Crippen molar-refractivity contribution in [3.8, 4) is 0 Å². The van der Waals surface area contributed by atoms with E-state index in [1.165, 1.54) is 11.1 Å². The summed E-state index contributed by atoms with van der Waals surface area (Å²) in [5.41, 5.74) is 3.32. The van der Waals surface area contributed by atoms with E-state index in [0.717, 1.165) is 18.1 Å². The van der Waals surface area contributed by atoms with E-state index in [9.17, 15) is 0 Å². The van der Waals surface area contributed by atoms with E-state index in [-0.39, 0.29) is 0 Å². The molecule has 1 N–H and O–H groups in total. The first-order chi connectivity index (χ1) is 8.33. The molecule has 3 aromatic rings. The molecule has 17 heavy (non-hydrogen) atoms. The van der Waals surface area contributed by atoms with Gasteiger partial charge in [0.1, 0.15) is 0 Å². The molecule has 86 valence electrons. The maximum Gasteiger partial charge on any atom is 0.229 e. The molecule has 0 spiro atoms. The third kappa shape index (κ3) is 2.01. The minimum absolute atomic E-state index is 0.776. The molecular weight excluding hydrogens is 232 g/mol. The van der Waals surface area contributed by atoms with Crippen molar-refractivity contribution in [2.45, 2.75) is 13.5 Å². The van der Waals surface area contributed by atoms with Crippen molar-refractivity contribution >= 4 is 22.9 Å². The molecule has 0 unspecified atom stereocenters. The van der Waals surface area contributed by atoms with Crippen LogP contribution in [-0.4, -0.2) is 14.6 Å². The summed E-state index contributed by atoms with van der Waals surface area (Å²) >= 11 is 1.70. The van der Waals surface area contributed by atoms with Crippen molar-refractivity contribution in [3.63, 3.8) is 0 Å². The van der Waals surface area contributed by atoms with Gasteiger partial charge in [-0.1, -0.05) is 0 Å². The minimum atomic E-state index is 0.776. The van der Waals surface area contributed by atoms with Crippen LogP contribution in [0.4, 0.5) is 5.95 Å². The Morgan fingerprint density at radius 2 is 2.29 bits per heavy atom. The zero-order valence-electron chi connectivity index (χ0n) is 9.42. The molecule has 0 saturated heterocycles. The van der Waals surface area contributed by atoms with Gasteiger partial charge in [0.25, 0.3) is 0 Å². The van der Waals surface area contributed by atoms with Crippen molar-refractivity contribution in [3.05, 3.63) is 46.3 Å². The summed E-state index contributed by atoms with van der Waals surface area (Å²) in [5, 5.41) is 15.8. The molecule has 0 aliphatic heterocycles. The Morgan fingerprint density at radius 1 is 1.35 bits per heavy atom. The van der Waals surface area contributed by atoms with Gasteiger partial charge < -0.3 is 5.32 Å². The molecule has 0 atom stereocenters. The molecule has 0 bridgehead atoms. The molecule has 5 heteroatoms. The number of nitrogens with zero attached hydrogens (tertiary/aromatic N) is 3. The Labute approximate surface area is 103 Å². The fraction of sp³-hybridized carbons (Fsp3) is 0.167. The predicted molar refractivity (Wildman–Crippen MR) is 69.4 cm³/mol. The van der Waals surface area contributed by atoms with E-state index in [2.05, 4.69) is 32.3 Å². The van der Waals surface area contributed by atoms with E-state index < -0.39 is 0 Å². The quantitative estimate of drug-likeness (QED) is 0.770. The maximum atomic E-state index is 4.14. The first-order valence-corrected chi connectivity index (χ1v) is 6.33. The van der Waals surface area contributed by atoms with Crippen molar-refractivity contribution < 1.29 is 0 Å². The van der Waals surface area contributed by atoms with Gasteiger partial charge in [0.05, 0.1) is 0 Å². The average molecular weight is 244 g/mol. The van der Waals surface area contributed by atoms with Crippen LogP contribution in [0.25, 0.3) is 5.65 Å². The van der Waals surface area contributed by atoms with E-state index in [0.29, 0.717) is 0 Å². The second kappa shape index (κ2) is 4.18. The lowest BCUT2D eigenvalue weighted by atomic mass is 10.3. The van der Waals surface area contributed by atoms with Gasteiger partial charge in [-0.2, -0.15) is 11.3 Å². The number of anilines is 1. The summed E-state index contributed by atoms with van der Waals surface area (Å²) in [7, 11) is 0. The van der Waals surface area contributed by atoms with Crippen molar-refractivity contribution in [1.82, 2.24) is 14.6 Å². The van der Waals surface area contributed by atoms with Gasteiger partial charge in [0.15, 0.2) is 5.65 Å². The van der Waals surface area contributed by atoms with Crippen LogP contribution in [0.15, 0.2) is 35.2 Å². The molecule has 0 aliphatic carbocycles. The van der Waals surface area contributed by atoms with Crippen LogP contribution in [-0.2, 0) is 6.54 Å². The van der Waals surface area contributed by atoms with Crippen LogP contribution in [0.3, 0.4) is 0 Å². The molecule has 0 fully saturated rings. The highest BCUT2D eigenvalue weighted by molar-refractivity contribution is 7.07. The lowest BCUT2D eigenvalue weighted by molar-refractivity contribution is 1.03. The highest BCUT2D eigenvalue weighted by Crippen LogP contribution is 2.12. The molecule has 0 saturated carbocycles. The number of thiophene rings is 1. The lowest BCUT2D eigenvalue weighted by Gasteiger charge is -2.02. The zero-order chi connectivity index (χ0) is 11.7. The number of aryl methyl sites for hydroxylation is 1. The molecule has 0 amide bonds. The van der Waals surface area contributed by atoms with Crippen molar-refractivity contribution in [1.29, 1.82) is 0 Å². The average Bonchev–Trinajstić information content (AvgIpc) is 2.94. The van der Waals surface area contributed by atoms with Gasteiger partial charge in [-0.3, -0.25) is 4.40 Å². The Balaban J connectivity index is 1.86. The molecule has 0 aliphatic rings. The number of hydrogen-bond donors (Lipinski definition) is 1. The number of rotatable bonds is 3. The van der Waals surface area contributed by atoms with Crippen LogP contribution >= 0.6 is 11.3 Å². The largest absolute Gasteiger partial charge is 0.350 e. The van der Waals surface area contributed by atoms with E-state index in [1.54, 1.807) is 11.3 Å². The molecule has 3 aromatic heterocycles. The number of hydrogen-bond acceptors (Lipinski definition) is 4. The monoisotopic (exact) mass is 244 g/mol. The number of fused-ring (bicyclic) bond motifs is 1. The van der Waals surface area contributed by atoms with Gasteiger partial charge in [-0.15, -0.1) is 10.2 Å². The Kier molecular flexibility index (Phi) is 2.53. The summed E-state index contributed by atoms with van der Waals surface area (Å²) in [5.74, 6) is 0.784. The van der Waals surface area contributed by atoms with Crippen molar-refractivity contribution in [2.24, 2.45) is 0 Å². The first-order valence-electron chi connectivity index (χ1n) is 5.39. The summed E-state index contributed by atoms with van der Waals surface area (Å²) in [6.07, 6.45) is 1.99. The Hall–Kier alpha value is -1.88. The minimum Gasteiger partial charge on any atom is -0.350 e. The summed E-state index contributed by atoms with van der Waals surface area (Å²) in [6, 6.07) is 6.17. The second-order valence-corrected chi connectivity index (χ2v) is 4.72. The Bertz CT molecular complexity index is 627. The highest BCUT2D eigenvalue weighted by Gasteiger charge is 2.04. The molecule has 3 rings (SSSR count). The van der Waals surface area contributed by atoms with Crippen LogP contribution < -0.4 is 5.32 Å². The van der Waals surface area contributed by atoms with Crippen LogP contribution in [0, 0.1) is 6.92 Å². The highest BCUT2D eigenvalue weighted by atomic mass is 32.1. The normalized spacial score (nSPS) is 10.9. The topological polar surface area (TPSA) is 42.2 Å². The molecule has 4 nitrogen and oxygen atoms in total. The van der Waals surface area contributed by atoms with Crippen molar-refractivity contribution in [2.75, 3.05) is 5.32 Å². The lowest BCUT2D eigenvalue weighted by Crippen LogP contribution is -2.02. The molecule has 0 aromatic carbocycles. The van der Waals surface area contributed by atoms with Gasteiger partial charge >= 0.3 is 0 Å². The van der Waals surface area contributed by atoms with Gasteiger partial charge in [0.2, 0.25) is 5.95 Å². The molecule has 3 heterocycles. The maximum absolute atomic E-state index is 4.14. The number of pyridine rings is 1. The van der Waals surface area contributed by atoms with E-state index in [1.807, 2.05) is 29.7 Å². The Morgan fingerprint density at radius 3 is 3.12 bits per heavy atom. The van der Waals surface area contributed by atoms with Gasteiger partial charge in [0, 0.05) is 12.7 Å². The summed E-state index contributed by atoms with van der Waals surface area (Å²) in [4.78, 5) is 0. The third-order valence-electron chi connectivity index (χ3n) is 2.60. The fourth-order valence-corrected chi connectivity index (χ4v) is 2.36. The summed E-state index contributed by atoms with van der Waals surface area (Å²) < 4.78 is 1.96. The predicted octanol–water partition coefficient (Wildman–Crippen LogP) is 2.71. The van der Waals surface area contributed by atoms with Crippen LogP contribution in [0.2, 0.25) is 0 Å². The van der Waals surface area contributed by atoms with E-state index in [4.69, 9.17) is 0 Å². The molecule has 0 radical (unpaired) electrons. The molecular formula is C12H12N4S. The zero-order valence-corrected chi connectivity index (χ0v) is 10.2. The smallest absolute Gasteiger partial charge is 0.229 e. The van der Waals surface area contributed by atoms with Crippen LogP contribution in [0.5, 0.6) is 0 Å². The van der Waals surface area contributed by atoms with Gasteiger partial charge in [-0.05, 0) is 47.0 Å². The van der Waals surface area contributed by atoms with E-state index >= 15 is 0 Å². The third-order valence-corrected chi connectivity index (χ3v) is 3.33. The fourth-order valence-electron chi connectivity index (χ4n) is 1.69. The first kappa shape index (κ1) is 10.3.